The molecule has 0 aliphatic carbocycles. The number of carboxylic acid groups (broad SMARTS) is 1. The molecule has 0 atom stereocenters. The number of carbonyl (C=O) groups is 1. The smallest absolute Gasteiger partial charge is 0.416 e. The molecule has 13 heteroatoms. The first-order chi connectivity index (χ1) is 21.7. The van der Waals surface area contributed by atoms with Crippen molar-refractivity contribution in [2.45, 2.75) is 39.3 Å². The molecule has 0 bridgehead atoms. The predicted molar refractivity (Wildman–Crippen MR) is 168 cm³/mol. The van der Waals surface area contributed by atoms with E-state index < -0.39 is 29.4 Å². The van der Waals surface area contributed by atoms with Crippen LogP contribution in [0.2, 0.25) is 0 Å². The van der Waals surface area contributed by atoms with E-state index in [1.165, 1.54) is 53.0 Å². The third-order valence-electron chi connectivity index (χ3n) is 7.05. The van der Waals surface area contributed by atoms with Crippen LogP contribution in [-0.2, 0) is 30.2 Å². The third-order valence-corrected chi connectivity index (χ3v) is 9.43. The van der Waals surface area contributed by atoms with Gasteiger partial charge in [-0.3, -0.25) is 0 Å². The Bertz CT molecular complexity index is 1750. The summed E-state index contributed by atoms with van der Waals surface area (Å²) in [6.45, 7) is 4.44. The minimum absolute atomic E-state index is 0.390. The monoisotopic (exact) mass is 673 g/mol. The maximum Gasteiger partial charge on any atom is 0.416 e. The Morgan fingerprint density at radius 2 is 1.13 bits per heavy atom. The number of aromatic nitrogens is 2. The van der Waals surface area contributed by atoms with Crippen LogP contribution < -0.4 is 4.90 Å². The van der Waals surface area contributed by atoms with Gasteiger partial charge in [-0.2, -0.15) is 26.3 Å². The van der Waals surface area contributed by atoms with Crippen molar-refractivity contribution in [3.8, 4) is 21.1 Å². The van der Waals surface area contributed by atoms with E-state index in [1.807, 2.05) is 26.0 Å². The number of aryl methyl sites for hydroxylation is 2. The zero-order valence-electron chi connectivity index (χ0n) is 24.3. The molecular formula is C33H25F6N3O2S2. The summed E-state index contributed by atoms with van der Waals surface area (Å²) in [6, 6.07) is 17.0. The number of aliphatic carboxylic acids is 1. The maximum atomic E-state index is 13.1. The van der Waals surface area contributed by atoms with Gasteiger partial charge >= 0.3 is 18.3 Å². The van der Waals surface area contributed by atoms with Crippen LogP contribution in [0.15, 0.2) is 78.9 Å². The molecule has 5 rings (SSSR count). The lowest BCUT2D eigenvalue weighted by atomic mass is 10.1. The quantitative estimate of drug-likeness (QED) is 0.125. The molecule has 0 unspecified atom stereocenters. The number of halogens is 6. The molecule has 0 radical (unpaired) electrons. The van der Waals surface area contributed by atoms with Crippen molar-refractivity contribution >= 4 is 40.4 Å². The lowest BCUT2D eigenvalue weighted by Crippen LogP contribution is -2.22. The third kappa shape index (κ3) is 7.83. The summed E-state index contributed by atoms with van der Waals surface area (Å²) in [5.41, 5.74) is 2.57. The number of rotatable bonds is 9. The Hall–Kier alpha value is -4.49. The number of hydrogen-bond donors (Lipinski definition) is 1. The van der Waals surface area contributed by atoms with Crippen molar-refractivity contribution in [2.75, 3.05) is 4.90 Å². The van der Waals surface area contributed by atoms with Crippen LogP contribution in [0.5, 0.6) is 0 Å². The van der Waals surface area contributed by atoms with Gasteiger partial charge in [-0.15, -0.1) is 22.7 Å². The molecule has 0 saturated heterocycles. The molecule has 0 amide bonds. The Balaban J connectivity index is 1.45. The molecule has 46 heavy (non-hydrogen) atoms. The van der Waals surface area contributed by atoms with Crippen LogP contribution >= 0.6 is 22.7 Å². The molecular weight excluding hydrogens is 649 g/mol. The zero-order chi connectivity index (χ0) is 33.2. The van der Waals surface area contributed by atoms with E-state index in [9.17, 15) is 31.1 Å². The van der Waals surface area contributed by atoms with Crippen molar-refractivity contribution in [1.29, 1.82) is 0 Å². The molecule has 2 aromatic heterocycles. The van der Waals surface area contributed by atoms with Gasteiger partial charge < -0.3 is 10.0 Å². The Morgan fingerprint density at radius 3 is 1.50 bits per heavy atom. The highest BCUT2D eigenvalue weighted by atomic mass is 32.1. The SMILES string of the molecule is Cc1nc(-c2ccc(C(F)(F)F)cc2)sc1CN(Cc1sc(-c2ccc(C(F)(F)F)cc2)nc1C)c1ccc(/C=C/C(=O)O)cc1. The molecule has 238 valence electrons. The second kappa shape index (κ2) is 13.1. The molecule has 0 spiro atoms. The molecule has 3 aromatic carbocycles. The highest BCUT2D eigenvalue weighted by Crippen LogP contribution is 2.36. The minimum atomic E-state index is -4.44. The summed E-state index contributed by atoms with van der Waals surface area (Å²) in [6.07, 6.45) is -6.37. The molecule has 5 nitrogen and oxygen atoms in total. The topological polar surface area (TPSA) is 66.3 Å². The molecule has 1 N–H and O–H groups in total. The minimum Gasteiger partial charge on any atom is -0.478 e. The van der Waals surface area contributed by atoms with Gasteiger partial charge in [0.05, 0.1) is 35.6 Å². The van der Waals surface area contributed by atoms with Crippen molar-refractivity contribution < 1.29 is 36.2 Å². The number of benzene rings is 3. The fourth-order valence-corrected chi connectivity index (χ4v) is 6.72. The van der Waals surface area contributed by atoms with E-state index in [1.54, 1.807) is 12.1 Å². The first-order valence-electron chi connectivity index (χ1n) is 13.7. The fraction of sp³-hybridized carbons (Fsp3) is 0.182. The average Bonchev–Trinajstić information content (AvgIpc) is 3.56. The summed E-state index contributed by atoms with van der Waals surface area (Å²) >= 11 is 2.74. The normalized spacial score (nSPS) is 12.2. The molecule has 5 aromatic rings. The highest BCUT2D eigenvalue weighted by Gasteiger charge is 2.31. The number of hydrogen-bond acceptors (Lipinski definition) is 6. The van der Waals surface area contributed by atoms with E-state index in [0.29, 0.717) is 39.8 Å². The van der Waals surface area contributed by atoms with Gasteiger partial charge in [0.1, 0.15) is 10.0 Å². The average molecular weight is 674 g/mol. The van der Waals surface area contributed by atoms with Crippen LogP contribution in [-0.4, -0.2) is 21.0 Å². The van der Waals surface area contributed by atoms with Crippen molar-refractivity contribution in [3.63, 3.8) is 0 Å². The summed E-state index contributed by atoms with van der Waals surface area (Å²) in [4.78, 5) is 24.0. The van der Waals surface area contributed by atoms with E-state index in [2.05, 4.69) is 14.9 Å². The fourth-order valence-electron chi connectivity index (χ4n) is 4.55. The largest absolute Gasteiger partial charge is 0.478 e. The van der Waals surface area contributed by atoms with E-state index >= 15 is 0 Å². The van der Waals surface area contributed by atoms with Crippen LogP contribution in [0.3, 0.4) is 0 Å². The molecule has 0 aliphatic heterocycles. The summed E-state index contributed by atoms with van der Waals surface area (Å²) in [7, 11) is 0. The summed E-state index contributed by atoms with van der Waals surface area (Å²) in [5, 5.41) is 10.1. The number of nitrogens with zero attached hydrogens (tertiary/aromatic N) is 3. The predicted octanol–water partition coefficient (Wildman–Crippen LogP) is 9.89. The van der Waals surface area contributed by atoms with Gasteiger partial charge in [-0.25, -0.2) is 14.8 Å². The first kappa shape index (κ1) is 32.9. The zero-order valence-corrected chi connectivity index (χ0v) is 25.9. The summed E-state index contributed by atoms with van der Waals surface area (Å²) < 4.78 is 78.4. The lowest BCUT2D eigenvalue weighted by molar-refractivity contribution is -0.138. The second-order valence-corrected chi connectivity index (χ2v) is 12.5. The van der Waals surface area contributed by atoms with Crippen LogP contribution in [0.1, 0.15) is 37.8 Å². The van der Waals surface area contributed by atoms with Gasteiger partial charge in [0.2, 0.25) is 0 Å². The maximum absolute atomic E-state index is 13.1. The standard InChI is InChI=1S/C33H25F6N3O2S2/c1-19-27(45-30(40-19)22-6-10-24(11-7-22)32(34,35)36)17-42(26-14-3-21(4-15-26)5-16-29(43)44)18-28-20(2)41-31(46-28)23-8-12-25(13-9-23)33(37,38)39/h3-16H,17-18H2,1-2H3,(H,43,44)/b16-5+. The van der Waals surface area contributed by atoms with Gasteiger partial charge in [0.15, 0.2) is 0 Å². The van der Waals surface area contributed by atoms with Crippen molar-refractivity contribution in [3.05, 3.63) is 117 Å². The molecule has 0 fully saturated rings. The van der Waals surface area contributed by atoms with Gasteiger partial charge in [-0.05, 0) is 61.9 Å². The summed E-state index contributed by atoms with van der Waals surface area (Å²) in [5.74, 6) is -1.07. The Morgan fingerprint density at radius 1 is 0.717 bits per heavy atom. The van der Waals surface area contributed by atoms with Gasteiger partial charge in [-0.1, -0.05) is 36.4 Å². The Labute approximate surface area is 268 Å². The first-order valence-corrected chi connectivity index (χ1v) is 15.3. The number of carboxylic acids is 1. The molecule has 2 heterocycles. The van der Waals surface area contributed by atoms with Crippen molar-refractivity contribution in [2.24, 2.45) is 0 Å². The Kier molecular flexibility index (Phi) is 9.36. The van der Waals surface area contributed by atoms with Crippen LogP contribution in [0.25, 0.3) is 27.2 Å². The van der Waals surface area contributed by atoms with Crippen LogP contribution in [0.4, 0.5) is 32.0 Å². The molecule has 0 saturated carbocycles. The van der Waals surface area contributed by atoms with Crippen LogP contribution in [0, 0.1) is 13.8 Å². The van der Waals surface area contributed by atoms with E-state index in [4.69, 9.17) is 5.11 Å². The van der Waals surface area contributed by atoms with Crippen molar-refractivity contribution in [1.82, 2.24) is 9.97 Å². The molecule has 0 aliphatic rings. The van der Waals surface area contributed by atoms with Gasteiger partial charge in [0.25, 0.3) is 0 Å². The number of thiazole rings is 2. The van der Waals surface area contributed by atoms with Gasteiger partial charge in [0, 0.05) is 32.6 Å². The number of alkyl halides is 6. The van der Waals surface area contributed by atoms with E-state index in [-0.39, 0.29) is 0 Å². The number of anilines is 1. The van der Waals surface area contributed by atoms with E-state index in [0.717, 1.165) is 57.2 Å². The highest BCUT2D eigenvalue weighted by molar-refractivity contribution is 7.15. The second-order valence-electron chi connectivity index (χ2n) is 10.3. The lowest BCUT2D eigenvalue weighted by Gasteiger charge is -2.24.